The molecule has 0 saturated carbocycles. The van der Waals surface area contributed by atoms with Crippen molar-refractivity contribution >= 4 is 29.9 Å². The summed E-state index contributed by atoms with van der Waals surface area (Å²) in [6.07, 6.45) is 7.71. The zero-order valence-electron chi connectivity index (χ0n) is 32.8. The first-order valence-corrected chi connectivity index (χ1v) is 19.2. The van der Waals surface area contributed by atoms with Crippen molar-refractivity contribution in [3.8, 4) is 17.1 Å². The molecule has 2 N–H and O–H groups in total. The van der Waals surface area contributed by atoms with E-state index in [4.69, 9.17) is 24.7 Å². The lowest BCUT2D eigenvalue weighted by atomic mass is 9.84. The molecule has 5 rings (SSSR count). The third-order valence-electron chi connectivity index (χ3n) is 9.24. The van der Waals surface area contributed by atoms with E-state index >= 15 is 0 Å². The smallest absolute Gasteiger partial charge is 0.237 e. The van der Waals surface area contributed by atoms with Gasteiger partial charge in [-0.1, -0.05) is 85.7 Å². The number of rotatable bonds is 14. The number of nitrogens with one attached hydrogen (secondary N) is 2. The molecular formula is C42H57N7O2S. The van der Waals surface area contributed by atoms with Crippen LogP contribution in [0.25, 0.3) is 11.3 Å². The molecule has 1 aliphatic rings. The molecule has 0 spiro atoms. The topological polar surface area (TPSA) is 105 Å². The summed E-state index contributed by atoms with van der Waals surface area (Å²) in [7, 11) is 0. The van der Waals surface area contributed by atoms with Gasteiger partial charge in [0.2, 0.25) is 11.8 Å². The number of aromatic nitrogens is 4. The van der Waals surface area contributed by atoms with Gasteiger partial charge in [0.1, 0.15) is 18.7 Å². The van der Waals surface area contributed by atoms with Crippen LogP contribution in [0.5, 0.6) is 5.88 Å². The number of anilines is 2. The van der Waals surface area contributed by atoms with Crippen LogP contribution >= 0.6 is 11.9 Å². The fourth-order valence-electron chi connectivity index (χ4n) is 6.75. The number of benzene rings is 2. The van der Waals surface area contributed by atoms with Gasteiger partial charge in [0.25, 0.3) is 0 Å². The molecule has 9 nitrogen and oxygen atoms in total. The molecule has 1 unspecified atom stereocenters. The minimum atomic E-state index is 0.0206. The van der Waals surface area contributed by atoms with E-state index in [1.165, 1.54) is 23.9 Å². The number of nitrogens with zero attached hydrogens (tertiary/aromatic N) is 5. The lowest BCUT2D eigenvalue weighted by Crippen LogP contribution is -2.38. The van der Waals surface area contributed by atoms with E-state index in [2.05, 4.69) is 95.5 Å². The third-order valence-corrected chi connectivity index (χ3v) is 10.0. The van der Waals surface area contributed by atoms with Crippen molar-refractivity contribution < 1.29 is 9.53 Å². The number of hydrogen-bond donors (Lipinski definition) is 2. The summed E-state index contributed by atoms with van der Waals surface area (Å²) in [6.45, 7) is 25.3. The molecular weight excluding hydrogens is 667 g/mol. The highest BCUT2D eigenvalue weighted by molar-refractivity contribution is 8.00. The van der Waals surface area contributed by atoms with Gasteiger partial charge in [0, 0.05) is 40.7 Å². The third kappa shape index (κ3) is 11.0. The Kier molecular flexibility index (Phi) is 12.3. The number of ether oxygens (including phenoxy) is 1. The van der Waals surface area contributed by atoms with Crippen molar-refractivity contribution in [2.75, 3.05) is 29.3 Å². The van der Waals surface area contributed by atoms with Gasteiger partial charge in [0.05, 0.1) is 30.3 Å². The van der Waals surface area contributed by atoms with Crippen LogP contribution in [0.15, 0.2) is 59.8 Å². The summed E-state index contributed by atoms with van der Waals surface area (Å²) in [6, 6.07) is 13.9. The summed E-state index contributed by atoms with van der Waals surface area (Å²) in [4.78, 5) is 34.1. The Morgan fingerprint density at radius 2 is 1.73 bits per heavy atom. The summed E-state index contributed by atoms with van der Waals surface area (Å²) >= 11 is 1.37. The average Bonchev–Trinajstić information content (AvgIpc) is 3.44. The van der Waals surface area contributed by atoms with Crippen LogP contribution in [-0.2, 0) is 13.0 Å². The van der Waals surface area contributed by atoms with Crippen LogP contribution in [0.2, 0.25) is 0 Å². The highest BCUT2D eigenvalue weighted by atomic mass is 32.2. The summed E-state index contributed by atoms with van der Waals surface area (Å²) in [5, 5.41) is 3.69. The van der Waals surface area contributed by atoms with Crippen LogP contribution in [0, 0.1) is 30.1 Å². The fourth-order valence-corrected chi connectivity index (χ4v) is 7.39. The molecule has 1 fully saturated rings. The molecule has 2 aromatic heterocycles. The van der Waals surface area contributed by atoms with E-state index in [9.17, 15) is 4.79 Å². The molecule has 3 heterocycles. The Bertz CT molecular complexity index is 1830. The first kappa shape index (κ1) is 39.2. The fraction of sp³-hybridized carbons (Fsp3) is 0.500. The Morgan fingerprint density at radius 1 is 1.00 bits per heavy atom. The predicted molar refractivity (Wildman–Crippen MR) is 214 cm³/mol. The first-order chi connectivity index (χ1) is 24.5. The molecule has 4 aromatic rings. The van der Waals surface area contributed by atoms with E-state index in [0.29, 0.717) is 36.0 Å². The largest absolute Gasteiger partial charge is 0.476 e. The molecule has 278 valence electrons. The quantitative estimate of drug-likeness (QED) is 0.0966. The van der Waals surface area contributed by atoms with Gasteiger partial charge >= 0.3 is 0 Å². The first-order valence-electron chi connectivity index (χ1n) is 18.4. The Morgan fingerprint density at radius 3 is 2.38 bits per heavy atom. The van der Waals surface area contributed by atoms with Crippen molar-refractivity contribution in [3.05, 3.63) is 82.9 Å². The number of hydrogen-bond acceptors (Lipinski definition) is 10. The molecule has 52 heavy (non-hydrogen) atoms. The Balaban J connectivity index is 1.40. The van der Waals surface area contributed by atoms with Gasteiger partial charge in [-0.05, 0) is 84.6 Å². The van der Waals surface area contributed by atoms with Gasteiger partial charge in [-0.3, -0.25) is 9.52 Å². The monoisotopic (exact) mass is 723 g/mol. The Hall–Kier alpha value is -4.02. The zero-order chi connectivity index (χ0) is 37.7. The number of carbonyl (C=O) groups excluding carboxylic acids is 1. The second kappa shape index (κ2) is 16.3. The molecule has 0 bridgehead atoms. The standard InChI is InChI=1S/C42H57N7O2S/c1-28-13-11-15-31(20-40(3,4)5)36(28)37-29(2)38(47-39(46-37)48-52-34-16-12-14-30(19-34)25-50)51-26-32(21-41(6,7)8)43-24-35-44-22-33(23-45-35)49-18-17-42(9,10)27-49/h11-16,19,22-23,25,32,43H,17-18,20-21,24,26-27H2,1-10H3,(H,46,47,48). The van der Waals surface area contributed by atoms with Crippen LogP contribution in [0.4, 0.5) is 11.6 Å². The minimum Gasteiger partial charge on any atom is -0.476 e. The maximum absolute atomic E-state index is 11.4. The van der Waals surface area contributed by atoms with Crippen molar-refractivity contribution in [1.29, 1.82) is 0 Å². The average molecular weight is 724 g/mol. The lowest BCUT2D eigenvalue weighted by molar-refractivity contribution is 0.112. The maximum Gasteiger partial charge on any atom is 0.237 e. The zero-order valence-corrected chi connectivity index (χ0v) is 33.6. The SMILES string of the molecule is Cc1cccc(CC(C)(C)C)c1-c1nc(NSc2cccc(C=O)c2)nc(OCC(CC(C)(C)C)NCc2ncc(N3CCC(C)(C)C3)cn2)c1C. The van der Waals surface area contributed by atoms with Gasteiger partial charge in [-0.15, -0.1) is 0 Å². The van der Waals surface area contributed by atoms with E-state index in [0.717, 1.165) is 71.0 Å². The van der Waals surface area contributed by atoms with Crippen LogP contribution in [-0.4, -0.2) is 52.0 Å². The molecule has 10 heteroatoms. The number of aryl methyl sites for hydroxylation is 1. The number of aldehydes is 1. The predicted octanol–water partition coefficient (Wildman–Crippen LogP) is 9.28. The molecule has 1 saturated heterocycles. The van der Waals surface area contributed by atoms with Crippen LogP contribution in [0.3, 0.4) is 0 Å². The van der Waals surface area contributed by atoms with Crippen LogP contribution in [0.1, 0.15) is 101 Å². The van der Waals surface area contributed by atoms with Crippen molar-refractivity contribution in [3.63, 3.8) is 0 Å². The molecule has 1 atom stereocenters. The molecule has 1 aliphatic heterocycles. The van der Waals surface area contributed by atoms with Crippen molar-refractivity contribution in [2.45, 2.75) is 106 Å². The highest BCUT2D eigenvalue weighted by Gasteiger charge is 2.30. The maximum atomic E-state index is 11.4. The second-order valence-electron chi connectivity index (χ2n) is 17.4. The normalized spacial score (nSPS) is 15.1. The van der Waals surface area contributed by atoms with Gasteiger partial charge in [-0.2, -0.15) is 4.98 Å². The van der Waals surface area contributed by atoms with E-state index < -0.39 is 0 Å². The van der Waals surface area contributed by atoms with Gasteiger partial charge in [-0.25, -0.2) is 15.0 Å². The molecule has 2 aromatic carbocycles. The number of carbonyl (C=O) groups is 1. The van der Waals surface area contributed by atoms with E-state index in [1.807, 2.05) is 37.5 Å². The minimum absolute atomic E-state index is 0.0206. The van der Waals surface area contributed by atoms with Gasteiger partial charge < -0.3 is 15.0 Å². The van der Waals surface area contributed by atoms with Crippen LogP contribution < -0.4 is 19.7 Å². The summed E-state index contributed by atoms with van der Waals surface area (Å²) in [5.41, 5.74) is 7.40. The van der Waals surface area contributed by atoms with E-state index in [-0.39, 0.29) is 16.9 Å². The summed E-state index contributed by atoms with van der Waals surface area (Å²) < 4.78 is 10.00. The Labute approximate surface area is 315 Å². The van der Waals surface area contributed by atoms with Crippen molar-refractivity contribution in [1.82, 2.24) is 25.3 Å². The lowest BCUT2D eigenvalue weighted by Gasteiger charge is -2.27. The molecule has 0 radical (unpaired) electrons. The summed E-state index contributed by atoms with van der Waals surface area (Å²) in [5.74, 6) is 1.74. The second-order valence-corrected chi connectivity index (χ2v) is 18.3. The highest BCUT2D eigenvalue weighted by Crippen LogP contribution is 2.37. The van der Waals surface area contributed by atoms with Gasteiger partial charge in [0.15, 0.2) is 0 Å². The molecule has 0 amide bonds. The van der Waals surface area contributed by atoms with E-state index in [1.54, 1.807) is 6.07 Å². The van der Waals surface area contributed by atoms with Crippen molar-refractivity contribution in [2.24, 2.45) is 16.2 Å². The molecule has 0 aliphatic carbocycles.